The molecule has 1 heterocycles. The van der Waals surface area contributed by atoms with E-state index in [1.807, 2.05) is 61.5 Å². The van der Waals surface area contributed by atoms with Gasteiger partial charge in [-0.2, -0.15) is 5.10 Å². The number of aromatic hydroxyl groups is 1. The Morgan fingerprint density at radius 2 is 1.65 bits per heavy atom. The first-order valence-corrected chi connectivity index (χ1v) is 7.99. The summed E-state index contributed by atoms with van der Waals surface area (Å²) in [6.07, 6.45) is 0.830. The second-order valence-electron chi connectivity index (χ2n) is 6.36. The van der Waals surface area contributed by atoms with E-state index in [1.54, 1.807) is 4.68 Å². The van der Waals surface area contributed by atoms with Crippen LogP contribution in [0.5, 0.6) is 5.88 Å². The van der Waals surface area contributed by atoms with Crippen LogP contribution in [0.3, 0.4) is 0 Å². The molecule has 0 radical (unpaired) electrons. The predicted molar refractivity (Wildman–Crippen MR) is 93.9 cm³/mol. The van der Waals surface area contributed by atoms with E-state index in [-0.39, 0.29) is 5.88 Å². The number of nitrogens with zero attached hydrogens (tertiary/aromatic N) is 2. The zero-order valence-electron chi connectivity index (χ0n) is 13.8. The van der Waals surface area contributed by atoms with E-state index in [0.29, 0.717) is 5.92 Å². The van der Waals surface area contributed by atoms with Gasteiger partial charge in [-0.25, -0.2) is 4.68 Å². The Morgan fingerprint density at radius 3 is 2.26 bits per heavy atom. The van der Waals surface area contributed by atoms with Gasteiger partial charge in [0, 0.05) is 0 Å². The number of hydrogen-bond donors (Lipinski definition) is 1. The number of aryl methyl sites for hydroxylation is 1. The highest BCUT2D eigenvalue weighted by molar-refractivity contribution is 5.72. The molecule has 118 valence electrons. The van der Waals surface area contributed by atoms with E-state index in [2.05, 4.69) is 13.8 Å². The zero-order valence-corrected chi connectivity index (χ0v) is 13.8. The molecule has 1 N–H and O–H groups in total. The molecule has 2 aromatic carbocycles. The predicted octanol–water partition coefficient (Wildman–Crippen LogP) is 4.75. The van der Waals surface area contributed by atoms with Crippen LogP contribution < -0.4 is 0 Å². The van der Waals surface area contributed by atoms with E-state index in [0.717, 1.165) is 28.9 Å². The number of rotatable bonds is 4. The normalized spacial score (nSPS) is 11.1. The van der Waals surface area contributed by atoms with Crippen molar-refractivity contribution < 1.29 is 5.11 Å². The van der Waals surface area contributed by atoms with Crippen LogP contribution >= 0.6 is 0 Å². The molecule has 0 aliphatic carbocycles. The summed E-state index contributed by atoms with van der Waals surface area (Å²) in [5.41, 5.74) is 4.83. The Kier molecular flexibility index (Phi) is 4.20. The van der Waals surface area contributed by atoms with Crippen molar-refractivity contribution in [3.8, 4) is 22.7 Å². The quantitative estimate of drug-likeness (QED) is 0.755. The summed E-state index contributed by atoms with van der Waals surface area (Å²) in [6, 6.07) is 18.0. The third-order valence-corrected chi connectivity index (χ3v) is 3.88. The number of benzene rings is 2. The number of hydrogen-bond acceptors (Lipinski definition) is 2. The molecule has 0 saturated heterocycles. The van der Waals surface area contributed by atoms with Crippen molar-refractivity contribution in [2.75, 3.05) is 0 Å². The van der Waals surface area contributed by atoms with Gasteiger partial charge in [-0.1, -0.05) is 61.9 Å². The Balaban J connectivity index is 2.16. The summed E-state index contributed by atoms with van der Waals surface area (Å²) in [4.78, 5) is 0. The fourth-order valence-corrected chi connectivity index (χ4v) is 2.75. The van der Waals surface area contributed by atoms with Gasteiger partial charge in [0.05, 0.1) is 16.9 Å². The molecule has 1 aromatic heterocycles. The number of aromatic nitrogens is 2. The van der Waals surface area contributed by atoms with Gasteiger partial charge in [0.15, 0.2) is 0 Å². The summed E-state index contributed by atoms with van der Waals surface area (Å²) >= 11 is 0. The molecule has 0 aliphatic heterocycles. The van der Waals surface area contributed by atoms with Crippen LogP contribution in [0.25, 0.3) is 16.8 Å². The molecule has 0 bridgehead atoms. The maximum atomic E-state index is 10.8. The Morgan fingerprint density at radius 1 is 1.00 bits per heavy atom. The van der Waals surface area contributed by atoms with Gasteiger partial charge < -0.3 is 5.11 Å². The zero-order chi connectivity index (χ0) is 16.4. The molecule has 0 saturated carbocycles. The van der Waals surface area contributed by atoms with Crippen LogP contribution in [0.4, 0.5) is 0 Å². The van der Waals surface area contributed by atoms with E-state index >= 15 is 0 Å². The third-order valence-electron chi connectivity index (χ3n) is 3.88. The average molecular weight is 306 g/mol. The second kappa shape index (κ2) is 6.29. The standard InChI is InChI=1S/C20H22N2O/c1-14(2)13-18-19(16-7-5-4-6-8-16)20(23)22(21-18)17-11-9-15(3)10-12-17/h4-12,14,23H,13H2,1-3H3. The summed E-state index contributed by atoms with van der Waals surface area (Å²) in [5, 5.41) is 15.5. The van der Waals surface area contributed by atoms with Crippen molar-refractivity contribution >= 4 is 0 Å². The molecule has 0 fully saturated rings. The molecule has 3 nitrogen and oxygen atoms in total. The van der Waals surface area contributed by atoms with Crippen molar-refractivity contribution in [3.63, 3.8) is 0 Å². The lowest BCUT2D eigenvalue weighted by atomic mass is 10.00. The Labute approximate surface area is 137 Å². The van der Waals surface area contributed by atoms with Crippen molar-refractivity contribution in [3.05, 3.63) is 65.9 Å². The van der Waals surface area contributed by atoms with Gasteiger partial charge >= 0.3 is 0 Å². The van der Waals surface area contributed by atoms with Crippen LogP contribution in [-0.4, -0.2) is 14.9 Å². The summed E-state index contributed by atoms with van der Waals surface area (Å²) in [7, 11) is 0. The molecule has 3 rings (SSSR count). The minimum absolute atomic E-state index is 0.204. The van der Waals surface area contributed by atoms with Crippen LogP contribution in [0.2, 0.25) is 0 Å². The minimum atomic E-state index is 0.204. The molecule has 0 unspecified atom stereocenters. The van der Waals surface area contributed by atoms with Gasteiger partial charge in [0.25, 0.3) is 0 Å². The molecule has 0 amide bonds. The molecular formula is C20H22N2O. The fraction of sp³-hybridized carbons (Fsp3) is 0.250. The summed E-state index contributed by atoms with van der Waals surface area (Å²) < 4.78 is 1.64. The van der Waals surface area contributed by atoms with Crippen molar-refractivity contribution in [1.82, 2.24) is 9.78 Å². The summed E-state index contributed by atoms with van der Waals surface area (Å²) in [6.45, 7) is 6.37. The van der Waals surface area contributed by atoms with Gasteiger partial charge in [-0.15, -0.1) is 0 Å². The Hall–Kier alpha value is -2.55. The third kappa shape index (κ3) is 3.14. The van der Waals surface area contributed by atoms with Crippen LogP contribution in [0.15, 0.2) is 54.6 Å². The lowest BCUT2D eigenvalue weighted by molar-refractivity contribution is 0.435. The van der Waals surface area contributed by atoms with E-state index in [4.69, 9.17) is 5.10 Å². The first kappa shape index (κ1) is 15.3. The van der Waals surface area contributed by atoms with Crippen LogP contribution in [0.1, 0.15) is 25.1 Å². The molecule has 3 heteroatoms. The highest BCUT2D eigenvalue weighted by Gasteiger charge is 2.20. The van der Waals surface area contributed by atoms with Gasteiger partial charge in [-0.3, -0.25) is 0 Å². The van der Waals surface area contributed by atoms with Crippen molar-refractivity contribution in [1.29, 1.82) is 0 Å². The van der Waals surface area contributed by atoms with E-state index < -0.39 is 0 Å². The van der Waals surface area contributed by atoms with E-state index in [9.17, 15) is 5.11 Å². The fourth-order valence-electron chi connectivity index (χ4n) is 2.75. The first-order chi connectivity index (χ1) is 11.1. The molecular weight excluding hydrogens is 284 g/mol. The van der Waals surface area contributed by atoms with Crippen molar-refractivity contribution in [2.24, 2.45) is 5.92 Å². The topological polar surface area (TPSA) is 38.0 Å². The highest BCUT2D eigenvalue weighted by atomic mass is 16.3. The van der Waals surface area contributed by atoms with Gasteiger partial charge in [0.1, 0.15) is 0 Å². The Bertz CT molecular complexity index is 787. The lowest BCUT2D eigenvalue weighted by Crippen LogP contribution is -1.99. The molecule has 23 heavy (non-hydrogen) atoms. The van der Waals surface area contributed by atoms with Crippen LogP contribution in [0, 0.1) is 12.8 Å². The second-order valence-corrected chi connectivity index (χ2v) is 6.36. The van der Waals surface area contributed by atoms with E-state index in [1.165, 1.54) is 5.56 Å². The van der Waals surface area contributed by atoms with Crippen molar-refractivity contribution in [2.45, 2.75) is 27.2 Å². The minimum Gasteiger partial charge on any atom is -0.493 e. The largest absolute Gasteiger partial charge is 0.493 e. The molecule has 0 spiro atoms. The average Bonchev–Trinajstić information content (AvgIpc) is 2.84. The van der Waals surface area contributed by atoms with Crippen LogP contribution in [-0.2, 0) is 6.42 Å². The maximum Gasteiger partial charge on any atom is 0.222 e. The molecule has 3 aromatic rings. The smallest absolute Gasteiger partial charge is 0.222 e. The molecule has 0 atom stereocenters. The maximum absolute atomic E-state index is 10.8. The van der Waals surface area contributed by atoms with Gasteiger partial charge in [-0.05, 0) is 37.0 Å². The lowest BCUT2D eigenvalue weighted by Gasteiger charge is -2.05. The monoisotopic (exact) mass is 306 g/mol. The SMILES string of the molecule is Cc1ccc(-n2nc(CC(C)C)c(-c3ccccc3)c2O)cc1. The highest BCUT2D eigenvalue weighted by Crippen LogP contribution is 2.35. The first-order valence-electron chi connectivity index (χ1n) is 7.99. The van der Waals surface area contributed by atoms with Gasteiger partial charge in [0.2, 0.25) is 5.88 Å². The molecule has 0 aliphatic rings. The summed E-state index contributed by atoms with van der Waals surface area (Å²) in [5.74, 6) is 0.675.